The van der Waals surface area contributed by atoms with Gasteiger partial charge >= 0.3 is 0 Å². The second-order valence-electron chi connectivity index (χ2n) is 2.66. The van der Waals surface area contributed by atoms with Crippen molar-refractivity contribution in [1.82, 2.24) is 5.01 Å². The smallest absolute Gasteiger partial charge is 0.0720 e. The van der Waals surface area contributed by atoms with Crippen LogP contribution in [0.3, 0.4) is 0 Å². The first-order valence-corrected chi connectivity index (χ1v) is 2.78. The van der Waals surface area contributed by atoms with Crippen LogP contribution in [0.4, 0.5) is 0 Å². The molecule has 3 nitrogen and oxygen atoms in total. The topological polar surface area (TPSA) is 49.3 Å². The van der Waals surface area contributed by atoms with Crippen LogP contribution in [0.25, 0.3) is 0 Å². The molecule has 0 bridgehead atoms. The van der Waals surface area contributed by atoms with Crippen LogP contribution in [0.2, 0.25) is 0 Å². The molecular weight excluding hydrogens is 104 g/mol. The third-order valence-electron chi connectivity index (χ3n) is 1.94. The summed E-state index contributed by atoms with van der Waals surface area (Å²) in [5, 5.41) is 10.6. The summed E-state index contributed by atoms with van der Waals surface area (Å²) in [5.74, 6) is 5.38. The number of aliphatic hydroxyl groups excluding tert-OH is 1. The first-order chi connectivity index (χ1) is 3.57. The van der Waals surface area contributed by atoms with Crippen molar-refractivity contribution in [3.63, 3.8) is 0 Å². The zero-order valence-electron chi connectivity index (χ0n) is 5.26. The minimum absolute atomic E-state index is 0.125. The van der Waals surface area contributed by atoms with Gasteiger partial charge in [0.05, 0.1) is 11.6 Å². The average molecular weight is 116 g/mol. The van der Waals surface area contributed by atoms with Gasteiger partial charge in [0.2, 0.25) is 0 Å². The van der Waals surface area contributed by atoms with Crippen molar-refractivity contribution in [1.29, 1.82) is 0 Å². The van der Waals surface area contributed by atoms with Gasteiger partial charge in [-0.1, -0.05) is 0 Å². The molecule has 1 rings (SSSR count). The van der Waals surface area contributed by atoms with E-state index in [1.807, 2.05) is 6.92 Å². The summed E-state index contributed by atoms with van der Waals surface area (Å²) in [6.07, 6.45) is -0.313. The number of nitrogens with two attached hydrogens (primary N) is 1. The number of rotatable bonds is 1. The average Bonchev–Trinajstić information content (AvgIpc) is 2.17. The molecule has 1 aliphatic heterocycles. The number of hydrogen-bond donors (Lipinski definition) is 2. The molecule has 0 saturated carbocycles. The molecular formula is C5H12N2O. The van der Waals surface area contributed by atoms with Crippen molar-refractivity contribution in [2.45, 2.75) is 25.5 Å². The molecule has 0 spiro atoms. The van der Waals surface area contributed by atoms with E-state index in [1.165, 1.54) is 0 Å². The van der Waals surface area contributed by atoms with Crippen LogP contribution in [0.1, 0.15) is 13.8 Å². The molecule has 3 N–H and O–H groups in total. The Balaban J connectivity index is 2.47. The van der Waals surface area contributed by atoms with E-state index in [-0.39, 0.29) is 11.6 Å². The van der Waals surface area contributed by atoms with Gasteiger partial charge in [0.15, 0.2) is 0 Å². The Morgan fingerprint density at radius 2 is 2.25 bits per heavy atom. The van der Waals surface area contributed by atoms with Crippen molar-refractivity contribution in [2.24, 2.45) is 5.84 Å². The number of nitrogens with zero attached hydrogens (tertiary/aromatic N) is 1. The Labute approximate surface area is 49.1 Å². The van der Waals surface area contributed by atoms with Gasteiger partial charge in [0.25, 0.3) is 0 Å². The Bertz CT molecular complexity index is 105. The summed E-state index contributed by atoms with van der Waals surface area (Å²) in [6, 6.07) is 0. The summed E-state index contributed by atoms with van der Waals surface area (Å²) in [4.78, 5) is 0. The molecule has 1 saturated heterocycles. The predicted octanol–water partition coefficient (Wildman–Crippen LogP) is -0.685. The largest absolute Gasteiger partial charge is 0.391 e. The lowest BCUT2D eigenvalue weighted by Crippen LogP contribution is -2.30. The normalized spacial score (nSPS) is 48.8. The quantitative estimate of drug-likeness (QED) is 0.352. The lowest BCUT2D eigenvalue weighted by atomic mass is 10.1. The van der Waals surface area contributed by atoms with E-state index in [1.54, 1.807) is 11.9 Å². The number of aliphatic hydroxyl groups is 1. The van der Waals surface area contributed by atoms with Gasteiger partial charge in [-0.25, -0.2) is 5.01 Å². The molecule has 1 heterocycles. The van der Waals surface area contributed by atoms with Crippen molar-refractivity contribution in [2.75, 3.05) is 6.54 Å². The third kappa shape index (κ3) is 0.632. The maximum Gasteiger partial charge on any atom is 0.0720 e. The maximum absolute atomic E-state index is 9.00. The minimum atomic E-state index is -0.313. The highest BCUT2D eigenvalue weighted by Gasteiger charge is 2.49. The minimum Gasteiger partial charge on any atom is -0.391 e. The van der Waals surface area contributed by atoms with Gasteiger partial charge in [0, 0.05) is 6.54 Å². The highest BCUT2D eigenvalue weighted by Crippen LogP contribution is 2.30. The molecule has 1 aliphatic rings. The van der Waals surface area contributed by atoms with Crippen molar-refractivity contribution in [3.8, 4) is 0 Å². The van der Waals surface area contributed by atoms with E-state index in [4.69, 9.17) is 10.9 Å². The molecule has 0 amide bonds. The van der Waals surface area contributed by atoms with E-state index >= 15 is 0 Å². The molecule has 1 unspecified atom stereocenters. The molecule has 0 aromatic carbocycles. The van der Waals surface area contributed by atoms with Gasteiger partial charge < -0.3 is 5.11 Å². The van der Waals surface area contributed by atoms with E-state index in [0.29, 0.717) is 0 Å². The first kappa shape index (κ1) is 6.01. The third-order valence-corrected chi connectivity index (χ3v) is 1.94. The molecule has 0 aromatic rings. The fraction of sp³-hybridized carbons (Fsp3) is 1.00. The molecule has 3 heteroatoms. The SMILES string of the molecule is C[C@H](O)[C@]1(C)CN1N. The molecule has 0 aliphatic carbocycles. The molecule has 0 radical (unpaired) electrons. The lowest BCUT2D eigenvalue weighted by Gasteiger charge is -2.11. The van der Waals surface area contributed by atoms with E-state index in [0.717, 1.165) is 6.54 Å². The van der Waals surface area contributed by atoms with Gasteiger partial charge in [-0.15, -0.1) is 0 Å². The molecule has 48 valence electrons. The standard InChI is InChI=1S/C5H12N2O/c1-4(8)5(2)3-7(5)6/h4,8H,3,6H2,1-2H3/t4-,5-,7?/m0/s1. The summed E-state index contributed by atoms with van der Waals surface area (Å²) in [7, 11) is 0. The van der Waals surface area contributed by atoms with E-state index in [2.05, 4.69) is 0 Å². The van der Waals surface area contributed by atoms with Crippen LogP contribution in [-0.2, 0) is 0 Å². The zero-order chi connectivity index (χ0) is 6.36. The van der Waals surface area contributed by atoms with Crippen molar-refractivity contribution >= 4 is 0 Å². The molecule has 1 fully saturated rings. The maximum atomic E-state index is 9.00. The van der Waals surface area contributed by atoms with Crippen molar-refractivity contribution in [3.05, 3.63) is 0 Å². The van der Waals surface area contributed by atoms with Crippen LogP contribution < -0.4 is 5.84 Å². The van der Waals surface area contributed by atoms with Crippen LogP contribution in [0.5, 0.6) is 0 Å². The van der Waals surface area contributed by atoms with Gasteiger partial charge in [-0.2, -0.15) is 0 Å². The van der Waals surface area contributed by atoms with E-state index < -0.39 is 0 Å². The predicted molar refractivity (Wildman–Crippen MR) is 31.0 cm³/mol. The highest BCUT2D eigenvalue weighted by atomic mass is 16.3. The van der Waals surface area contributed by atoms with Gasteiger partial charge in [0.1, 0.15) is 0 Å². The fourth-order valence-electron chi connectivity index (χ4n) is 0.682. The summed E-state index contributed by atoms with van der Waals surface area (Å²) in [6.45, 7) is 4.51. The number of hydrogen-bond acceptors (Lipinski definition) is 3. The fourth-order valence-corrected chi connectivity index (χ4v) is 0.682. The summed E-state index contributed by atoms with van der Waals surface area (Å²) in [5.41, 5.74) is -0.125. The molecule has 3 atom stereocenters. The monoisotopic (exact) mass is 116 g/mol. The van der Waals surface area contributed by atoms with Crippen LogP contribution in [0, 0.1) is 0 Å². The van der Waals surface area contributed by atoms with Crippen LogP contribution in [0.15, 0.2) is 0 Å². The number of hydrazine groups is 1. The molecule has 0 aromatic heterocycles. The van der Waals surface area contributed by atoms with Crippen LogP contribution >= 0.6 is 0 Å². The second kappa shape index (κ2) is 1.43. The Kier molecular flexibility index (Phi) is 1.08. The van der Waals surface area contributed by atoms with Gasteiger partial charge in [-0.05, 0) is 13.8 Å². The molecule has 8 heavy (non-hydrogen) atoms. The van der Waals surface area contributed by atoms with E-state index in [9.17, 15) is 0 Å². The highest BCUT2D eigenvalue weighted by molar-refractivity contribution is 5.03. The van der Waals surface area contributed by atoms with Crippen LogP contribution in [-0.4, -0.2) is 28.3 Å². The Morgan fingerprint density at radius 3 is 2.25 bits per heavy atom. The van der Waals surface area contributed by atoms with Crippen molar-refractivity contribution < 1.29 is 5.11 Å². The van der Waals surface area contributed by atoms with Gasteiger partial charge in [-0.3, -0.25) is 5.84 Å². The first-order valence-electron chi connectivity index (χ1n) is 2.78. The lowest BCUT2D eigenvalue weighted by molar-refractivity contribution is 0.131. The zero-order valence-corrected chi connectivity index (χ0v) is 5.26. The summed E-state index contributed by atoms with van der Waals surface area (Å²) < 4.78 is 0. The summed E-state index contributed by atoms with van der Waals surface area (Å²) >= 11 is 0. The second-order valence-corrected chi connectivity index (χ2v) is 2.66. The Hall–Kier alpha value is -0.120. The Morgan fingerprint density at radius 1 is 1.88 bits per heavy atom.